The fourth-order valence-electron chi connectivity index (χ4n) is 3.30. The first-order chi connectivity index (χ1) is 14.3. The summed E-state index contributed by atoms with van der Waals surface area (Å²) in [5.74, 6) is -0.205. The van der Waals surface area contributed by atoms with Gasteiger partial charge < -0.3 is 10.2 Å². The Kier molecular flexibility index (Phi) is 6.30. The van der Waals surface area contributed by atoms with E-state index in [1.165, 1.54) is 4.68 Å². The standard InChI is InChI=1S/C23H26N4O3/c1-15(2)13-27-22(29)19-8-6-5-7-18(19)20(25-27)23(30)26(4)14-16-9-11-17(12-10-16)21(28)24-3/h5-12,15H,13-14H2,1-4H3,(H,24,28). The summed E-state index contributed by atoms with van der Waals surface area (Å²) in [7, 11) is 3.28. The van der Waals surface area contributed by atoms with E-state index in [-0.39, 0.29) is 29.0 Å². The van der Waals surface area contributed by atoms with Crippen LogP contribution in [0.4, 0.5) is 0 Å². The van der Waals surface area contributed by atoms with Gasteiger partial charge in [0.1, 0.15) is 0 Å². The van der Waals surface area contributed by atoms with Crippen LogP contribution in [-0.2, 0) is 13.1 Å². The van der Waals surface area contributed by atoms with E-state index in [9.17, 15) is 14.4 Å². The molecule has 0 atom stereocenters. The van der Waals surface area contributed by atoms with Crippen molar-refractivity contribution in [3.63, 3.8) is 0 Å². The minimum absolute atomic E-state index is 0.158. The van der Waals surface area contributed by atoms with Crippen molar-refractivity contribution >= 4 is 22.6 Å². The van der Waals surface area contributed by atoms with Crippen LogP contribution in [0.15, 0.2) is 53.3 Å². The number of fused-ring (bicyclic) bond motifs is 1. The molecule has 0 saturated heterocycles. The third-order valence-corrected chi connectivity index (χ3v) is 4.82. The normalized spacial score (nSPS) is 11.0. The lowest BCUT2D eigenvalue weighted by molar-refractivity contribution is 0.0778. The predicted octanol–water partition coefficient (Wildman–Crippen LogP) is 2.68. The maximum Gasteiger partial charge on any atom is 0.274 e. The highest BCUT2D eigenvalue weighted by atomic mass is 16.2. The first-order valence-electron chi connectivity index (χ1n) is 9.88. The van der Waals surface area contributed by atoms with Crippen molar-refractivity contribution in [2.24, 2.45) is 5.92 Å². The molecular formula is C23H26N4O3. The second kappa shape index (κ2) is 8.90. The van der Waals surface area contributed by atoms with Crippen molar-refractivity contribution in [3.05, 3.63) is 75.7 Å². The molecule has 3 rings (SSSR count). The average Bonchev–Trinajstić information content (AvgIpc) is 2.75. The molecular weight excluding hydrogens is 380 g/mol. The van der Waals surface area contributed by atoms with Crippen molar-refractivity contribution < 1.29 is 9.59 Å². The van der Waals surface area contributed by atoms with Crippen molar-refractivity contribution in [2.75, 3.05) is 14.1 Å². The Morgan fingerprint density at radius 3 is 2.30 bits per heavy atom. The number of aromatic nitrogens is 2. The lowest BCUT2D eigenvalue weighted by Crippen LogP contribution is -2.32. The molecule has 0 aliphatic rings. The van der Waals surface area contributed by atoms with Crippen LogP contribution in [0.3, 0.4) is 0 Å². The quantitative estimate of drug-likeness (QED) is 0.682. The number of carbonyl (C=O) groups excluding carboxylic acids is 2. The number of amides is 2. The Morgan fingerprint density at radius 2 is 1.70 bits per heavy atom. The van der Waals surface area contributed by atoms with Gasteiger partial charge in [-0.1, -0.05) is 44.2 Å². The summed E-state index contributed by atoms with van der Waals surface area (Å²) >= 11 is 0. The minimum atomic E-state index is -0.265. The molecule has 1 N–H and O–H groups in total. The second-order valence-corrected chi connectivity index (χ2v) is 7.71. The molecule has 0 bridgehead atoms. The van der Waals surface area contributed by atoms with Gasteiger partial charge in [0, 0.05) is 38.1 Å². The van der Waals surface area contributed by atoms with E-state index < -0.39 is 0 Å². The van der Waals surface area contributed by atoms with Gasteiger partial charge in [-0.3, -0.25) is 14.4 Å². The maximum atomic E-state index is 13.2. The van der Waals surface area contributed by atoms with E-state index in [0.717, 1.165) is 5.56 Å². The highest BCUT2D eigenvalue weighted by Gasteiger charge is 2.20. The van der Waals surface area contributed by atoms with E-state index in [1.807, 2.05) is 26.0 Å². The van der Waals surface area contributed by atoms with Crippen molar-refractivity contribution in [1.29, 1.82) is 0 Å². The molecule has 7 nitrogen and oxygen atoms in total. The predicted molar refractivity (Wildman–Crippen MR) is 116 cm³/mol. The molecule has 7 heteroatoms. The zero-order valence-electron chi connectivity index (χ0n) is 17.7. The number of hydrogen-bond acceptors (Lipinski definition) is 4. The van der Waals surface area contributed by atoms with Crippen LogP contribution in [-0.4, -0.2) is 40.6 Å². The Morgan fingerprint density at radius 1 is 1.07 bits per heavy atom. The maximum absolute atomic E-state index is 13.2. The summed E-state index contributed by atoms with van der Waals surface area (Å²) < 4.78 is 1.38. The van der Waals surface area contributed by atoms with Crippen LogP contribution in [0, 0.1) is 5.92 Å². The van der Waals surface area contributed by atoms with Crippen LogP contribution in [0.5, 0.6) is 0 Å². The van der Waals surface area contributed by atoms with Crippen LogP contribution in [0.2, 0.25) is 0 Å². The molecule has 0 radical (unpaired) electrons. The monoisotopic (exact) mass is 406 g/mol. The summed E-state index contributed by atoms with van der Waals surface area (Å²) in [6, 6.07) is 14.2. The number of hydrogen-bond donors (Lipinski definition) is 1. The molecule has 0 aliphatic heterocycles. The summed E-state index contributed by atoms with van der Waals surface area (Å²) in [4.78, 5) is 39.2. The van der Waals surface area contributed by atoms with Gasteiger partial charge in [-0.05, 0) is 29.7 Å². The van der Waals surface area contributed by atoms with Gasteiger partial charge in [0.25, 0.3) is 17.4 Å². The van der Waals surface area contributed by atoms with E-state index >= 15 is 0 Å². The lowest BCUT2D eigenvalue weighted by atomic mass is 10.1. The molecule has 30 heavy (non-hydrogen) atoms. The van der Waals surface area contributed by atoms with Gasteiger partial charge in [-0.15, -0.1) is 0 Å². The molecule has 0 aliphatic carbocycles. The summed E-state index contributed by atoms with van der Waals surface area (Å²) in [5.41, 5.74) is 1.51. The van der Waals surface area contributed by atoms with Crippen LogP contribution in [0.25, 0.3) is 10.8 Å². The number of nitrogens with one attached hydrogen (secondary N) is 1. The smallest absolute Gasteiger partial charge is 0.274 e. The second-order valence-electron chi connectivity index (χ2n) is 7.71. The summed E-state index contributed by atoms with van der Waals surface area (Å²) in [5, 5.41) is 8.03. The number of benzene rings is 2. The Bertz CT molecular complexity index is 1130. The van der Waals surface area contributed by atoms with Crippen LogP contribution >= 0.6 is 0 Å². The van der Waals surface area contributed by atoms with Crippen molar-refractivity contribution in [1.82, 2.24) is 20.0 Å². The molecule has 0 spiro atoms. The average molecular weight is 406 g/mol. The Balaban J connectivity index is 1.92. The highest BCUT2D eigenvalue weighted by molar-refractivity contribution is 6.04. The molecule has 3 aromatic rings. The van der Waals surface area contributed by atoms with Crippen LogP contribution in [0.1, 0.15) is 40.3 Å². The van der Waals surface area contributed by atoms with Gasteiger partial charge in [-0.2, -0.15) is 5.10 Å². The van der Waals surface area contributed by atoms with Gasteiger partial charge in [0.2, 0.25) is 0 Å². The molecule has 0 unspecified atom stereocenters. The summed E-state index contributed by atoms with van der Waals surface area (Å²) in [6.07, 6.45) is 0. The van der Waals surface area contributed by atoms with Gasteiger partial charge in [0.15, 0.2) is 5.69 Å². The third kappa shape index (κ3) is 4.40. The third-order valence-electron chi connectivity index (χ3n) is 4.82. The Labute approximate surface area is 175 Å². The van der Waals surface area contributed by atoms with E-state index in [1.54, 1.807) is 55.4 Å². The first kappa shape index (κ1) is 21.2. The summed E-state index contributed by atoms with van der Waals surface area (Å²) in [6.45, 7) is 4.79. The van der Waals surface area contributed by atoms with Gasteiger partial charge in [-0.25, -0.2) is 4.68 Å². The Hall–Kier alpha value is -3.48. The van der Waals surface area contributed by atoms with Gasteiger partial charge >= 0.3 is 0 Å². The SMILES string of the molecule is CNC(=O)c1ccc(CN(C)C(=O)c2nn(CC(C)C)c(=O)c3ccccc23)cc1. The topological polar surface area (TPSA) is 84.3 Å². The molecule has 156 valence electrons. The highest BCUT2D eigenvalue weighted by Crippen LogP contribution is 2.17. The lowest BCUT2D eigenvalue weighted by Gasteiger charge is -2.19. The fraction of sp³-hybridized carbons (Fsp3) is 0.304. The molecule has 1 aromatic heterocycles. The number of rotatable bonds is 6. The van der Waals surface area contributed by atoms with E-state index in [2.05, 4.69) is 10.4 Å². The molecule has 0 fully saturated rings. The first-order valence-corrected chi connectivity index (χ1v) is 9.88. The zero-order chi connectivity index (χ0) is 21.8. The fourth-order valence-corrected chi connectivity index (χ4v) is 3.30. The molecule has 0 saturated carbocycles. The molecule has 2 amide bonds. The van der Waals surface area contributed by atoms with E-state index in [0.29, 0.717) is 29.4 Å². The van der Waals surface area contributed by atoms with Crippen molar-refractivity contribution in [2.45, 2.75) is 26.9 Å². The largest absolute Gasteiger partial charge is 0.355 e. The molecule has 1 heterocycles. The molecule has 2 aromatic carbocycles. The minimum Gasteiger partial charge on any atom is -0.355 e. The van der Waals surface area contributed by atoms with Gasteiger partial charge in [0.05, 0.1) is 5.39 Å². The number of nitrogens with zero attached hydrogens (tertiary/aromatic N) is 3. The zero-order valence-corrected chi connectivity index (χ0v) is 17.7. The number of carbonyl (C=O) groups is 2. The van der Waals surface area contributed by atoms with Crippen LogP contribution < -0.4 is 10.9 Å². The van der Waals surface area contributed by atoms with Crippen molar-refractivity contribution in [3.8, 4) is 0 Å². The van der Waals surface area contributed by atoms with E-state index in [4.69, 9.17) is 0 Å².